The van der Waals surface area contributed by atoms with Crippen LogP contribution in [0.2, 0.25) is 0 Å². The molecular weight excluding hydrogens is 402 g/mol. The Morgan fingerprint density at radius 1 is 1.06 bits per heavy atom. The molecule has 2 aromatic heterocycles. The molecule has 0 saturated carbocycles. The Hall–Kier alpha value is -3.65. The number of nitrogens with zero attached hydrogens (tertiary/aromatic N) is 4. The Bertz CT molecular complexity index is 1210. The van der Waals surface area contributed by atoms with Crippen molar-refractivity contribution in [3.05, 3.63) is 71.5 Å². The van der Waals surface area contributed by atoms with Gasteiger partial charge in [-0.1, -0.05) is 48.0 Å². The van der Waals surface area contributed by atoms with E-state index in [0.717, 1.165) is 22.4 Å². The number of fused-ring (bicyclic) bond motifs is 1. The molecule has 0 saturated heterocycles. The van der Waals surface area contributed by atoms with E-state index in [9.17, 15) is 5.11 Å². The Balaban J connectivity index is 1.68. The van der Waals surface area contributed by atoms with Crippen LogP contribution in [-0.2, 0) is 13.1 Å². The van der Waals surface area contributed by atoms with Gasteiger partial charge in [0.25, 0.3) is 0 Å². The van der Waals surface area contributed by atoms with Crippen molar-refractivity contribution in [2.24, 2.45) is 0 Å². The minimum absolute atomic E-state index is 0.315. The highest BCUT2D eigenvalue weighted by Crippen LogP contribution is 2.24. The number of nitrogens with two attached hydrogens (primary N) is 1. The van der Waals surface area contributed by atoms with Crippen LogP contribution in [-0.4, -0.2) is 36.8 Å². The lowest BCUT2D eigenvalue weighted by Crippen LogP contribution is -2.30. The summed E-state index contributed by atoms with van der Waals surface area (Å²) in [5.74, 6) is 1.04. The van der Waals surface area contributed by atoms with Gasteiger partial charge in [-0.25, -0.2) is 4.98 Å². The van der Waals surface area contributed by atoms with Gasteiger partial charge in [-0.3, -0.25) is 0 Å². The first-order chi connectivity index (χ1) is 15.3. The molecule has 5 N–H and O–H groups in total. The van der Waals surface area contributed by atoms with E-state index in [1.165, 1.54) is 0 Å². The SMILES string of the molecule is Cc1ccc(N)c(CNc2nc(NCC(C)(C)O)nc3c2ncn3Cc2ccccc2)c1. The third-order valence-corrected chi connectivity index (χ3v) is 5.08. The van der Waals surface area contributed by atoms with Crippen LogP contribution in [0.1, 0.15) is 30.5 Å². The normalized spacial score (nSPS) is 11.6. The summed E-state index contributed by atoms with van der Waals surface area (Å²) in [7, 11) is 0. The van der Waals surface area contributed by atoms with E-state index in [1.54, 1.807) is 20.2 Å². The fourth-order valence-electron chi connectivity index (χ4n) is 3.40. The van der Waals surface area contributed by atoms with Crippen molar-refractivity contribution < 1.29 is 5.11 Å². The molecule has 8 heteroatoms. The fraction of sp³-hybridized carbons (Fsp3) is 0.292. The van der Waals surface area contributed by atoms with Gasteiger partial charge in [-0.05, 0) is 38.0 Å². The molecule has 0 fully saturated rings. The third kappa shape index (κ3) is 5.15. The van der Waals surface area contributed by atoms with Crippen molar-refractivity contribution in [3.63, 3.8) is 0 Å². The second-order valence-corrected chi connectivity index (χ2v) is 8.65. The number of imidazole rings is 1. The van der Waals surface area contributed by atoms with E-state index in [2.05, 4.69) is 43.8 Å². The Morgan fingerprint density at radius 2 is 1.84 bits per heavy atom. The lowest BCUT2D eigenvalue weighted by Gasteiger charge is -2.18. The Kier molecular flexibility index (Phi) is 5.96. The van der Waals surface area contributed by atoms with Crippen LogP contribution >= 0.6 is 0 Å². The number of hydrogen-bond acceptors (Lipinski definition) is 7. The van der Waals surface area contributed by atoms with Crippen molar-refractivity contribution in [2.75, 3.05) is 22.9 Å². The van der Waals surface area contributed by atoms with Gasteiger partial charge in [-0.2, -0.15) is 9.97 Å². The van der Waals surface area contributed by atoms with Crippen molar-refractivity contribution in [2.45, 2.75) is 39.5 Å². The first-order valence-corrected chi connectivity index (χ1v) is 10.6. The van der Waals surface area contributed by atoms with Gasteiger partial charge in [0.2, 0.25) is 5.95 Å². The van der Waals surface area contributed by atoms with Gasteiger partial charge in [0.15, 0.2) is 17.0 Å². The maximum absolute atomic E-state index is 10.1. The van der Waals surface area contributed by atoms with Crippen molar-refractivity contribution in [3.8, 4) is 0 Å². The van der Waals surface area contributed by atoms with Crippen LogP contribution in [0.15, 0.2) is 54.9 Å². The van der Waals surface area contributed by atoms with Crippen LogP contribution in [0.25, 0.3) is 11.2 Å². The van der Waals surface area contributed by atoms with Crippen molar-refractivity contribution in [1.82, 2.24) is 19.5 Å². The number of aryl methyl sites for hydroxylation is 1. The topological polar surface area (TPSA) is 114 Å². The molecule has 0 aliphatic rings. The highest BCUT2D eigenvalue weighted by molar-refractivity contribution is 5.84. The summed E-state index contributed by atoms with van der Waals surface area (Å²) in [5, 5.41) is 16.6. The molecule has 4 rings (SSSR count). The number of rotatable bonds is 8. The van der Waals surface area contributed by atoms with Gasteiger partial charge in [0, 0.05) is 18.8 Å². The minimum atomic E-state index is -0.897. The van der Waals surface area contributed by atoms with Crippen LogP contribution in [0.3, 0.4) is 0 Å². The number of hydrogen-bond donors (Lipinski definition) is 4. The molecular formula is C24H29N7O. The molecule has 0 aliphatic carbocycles. The summed E-state index contributed by atoms with van der Waals surface area (Å²) >= 11 is 0. The number of nitrogens with one attached hydrogen (secondary N) is 2. The predicted molar refractivity (Wildman–Crippen MR) is 129 cm³/mol. The zero-order valence-corrected chi connectivity index (χ0v) is 18.6. The lowest BCUT2D eigenvalue weighted by molar-refractivity contribution is 0.0943. The van der Waals surface area contributed by atoms with Crippen LogP contribution in [0.5, 0.6) is 0 Å². The maximum Gasteiger partial charge on any atom is 0.226 e. The van der Waals surface area contributed by atoms with Crippen molar-refractivity contribution >= 4 is 28.6 Å². The summed E-state index contributed by atoms with van der Waals surface area (Å²) in [6, 6.07) is 16.1. The molecule has 8 nitrogen and oxygen atoms in total. The summed E-state index contributed by atoms with van der Waals surface area (Å²) in [4.78, 5) is 13.9. The molecule has 32 heavy (non-hydrogen) atoms. The highest BCUT2D eigenvalue weighted by Gasteiger charge is 2.17. The van der Waals surface area contributed by atoms with E-state index in [-0.39, 0.29) is 0 Å². The third-order valence-electron chi connectivity index (χ3n) is 5.08. The first-order valence-electron chi connectivity index (χ1n) is 10.6. The average Bonchev–Trinajstić information content (AvgIpc) is 3.16. The van der Waals surface area contributed by atoms with Crippen LogP contribution in [0, 0.1) is 6.92 Å². The number of aromatic nitrogens is 4. The molecule has 4 aromatic rings. The molecule has 2 heterocycles. The summed E-state index contributed by atoms with van der Waals surface area (Å²) in [6.07, 6.45) is 1.78. The monoisotopic (exact) mass is 431 g/mol. The van der Waals surface area contributed by atoms with Gasteiger partial charge in [0.05, 0.1) is 18.5 Å². The second kappa shape index (κ2) is 8.84. The number of aliphatic hydroxyl groups is 1. The van der Waals surface area contributed by atoms with E-state index in [1.807, 2.05) is 41.8 Å². The zero-order chi connectivity index (χ0) is 22.7. The van der Waals surface area contributed by atoms with Crippen LogP contribution < -0.4 is 16.4 Å². The predicted octanol–water partition coefficient (Wildman–Crippen LogP) is 3.56. The van der Waals surface area contributed by atoms with Crippen molar-refractivity contribution in [1.29, 1.82) is 0 Å². The Morgan fingerprint density at radius 3 is 2.59 bits per heavy atom. The first kappa shape index (κ1) is 21.6. The summed E-state index contributed by atoms with van der Waals surface area (Å²) in [5.41, 5.74) is 10.7. The molecule has 0 spiro atoms. The second-order valence-electron chi connectivity index (χ2n) is 8.65. The van der Waals surface area contributed by atoms with Crippen LogP contribution in [0.4, 0.5) is 17.5 Å². The quantitative estimate of drug-likeness (QED) is 0.315. The molecule has 0 unspecified atom stereocenters. The van der Waals surface area contributed by atoms with Gasteiger partial charge in [-0.15, -0.1) is 0 Å². The average molecular weight is 432 g/mol. The summed E-state index contributed by atoms with van der Waals surface area (Å²) in [6.45, 7) is 6.97. The van der Waals surface area contributed by atoms with Gasteiger partial charge < -0.3 is 26.0 Å². The lowest BCUT2D eigenvalue weighted by atomic mass is 10.1. The highest BCUT2D eigenvalue weighted by atomic mass is 16.3. The maximum atomic E-state index is 10.1. The van der Waals surface area contributed by atoms with E-state index >= 15 is 0 Å². The molecule has 0 bridgehead atoms. The van der Waals surface area contributed by atoms with E-state index in [4.69, 9.17) is 5.73 Å². The number of nitrogen functional groups attached to an aromatic ring is 1. The zero-order valence-electron chi connectivity index (χ0n) is 18.6. The largest absolute Gasteiger partial charge is 0.398 e. The van der Waals surface area contributed by atoms with Gasteiger partial charge >= 0.3 is 0 Å². The van der Waals surface area contributed by atoms with E-state index in [0.29, 0.717) is 42.6 Å². The molecule has 2 aromatic carbocycles. The molecule has 166 valence electrons. The smallest absolute Gasteiger partial charge is 0.226 e. The summed E-state index contributed by atoms with van der Waals surface area (Å²) < 4.78 is 1.99. The molecule has 0 radical (unpaired) electrons. The molecule has 0 amide bonds. The standard InChI is InChI=1S/C24H29N7O/c1-16-9-10-19(25)18(11-16)12-26-21-20-22(30-23(29-21)27-14-24(2,3)32)31(15-28-20)13-17-7-5-4-6-8-17/h4-11,15,32H,12-14,25H2,1-3H3,(H2,26,27,29,30). The molecule has 0 aliphatic heterocycles. The van der Waals surface area contributed by atoms with Gasteiger partial charge in [0.1, 0.15) is 0 Å². The minimum Gasteiger partial charge on any atom is -0.398 e. The fourth-order valence-corrected chi connectivity index (χ4v) is 3.40. The Labute approximate surface area is 187 Å². The molecule has 0 atom stereocenters. The number of anilines is 3. The van der Waals surface area contributed by atoms with E-state index < -0.39 is 5.60 Å². The number of benzene rings is 2.